The van der Waals surface area contributed by atoms with Crippen molar-refractivity contribution >= 4 is 5.84 Å². The van der Waals surface area contributed by atoms with Crippen molar-refractivity contribution < 1.29 is 13.9 Å². The summed E-state index contributed by atoms with van der Waals surface area (Å²) < 4.78 is 26.7. The fourth-order valence-corrected chi connectivity index (χ4v) is 5.02. The van der Waals surface area contributed by atoms with Gasteiger partial charge in [-0.25, -0.2) is 9.38 Å². The van der Waals surface area contributed by atoms with Crippen molar-refractivity contribution in [3.8, 4) is 16.9 Å². The first-order valence-electron chi connectivity index (χ1n) is 9.99. The maximum Gasteiger partial charge on any atom is 0.163 e. The maximum absolute atomic E-state index is 14.6. The van der Waals surface area contributed by atoms with Crippen LogP contribution in [0.25, 0.3) is 11.1 Å². The van der Waals surface area contributed by atoms with Crippen molar-refractivity contribution in [1.82, 2.24) is 4.98 Å². The van der Waals surface area contributed by atoms with Crippen molar-refractivity contribution in [3.63, 3.8) is 0 Å². The molecule has 3 heterocycles. The molecule has 0 radical (unpaired) electrons. The lowest BCUT2D eigenvalue weighted by molar-refractivity contribution is -0.0426. The molecular weight excluding hydrogens is 369 g/mol. The average Bonchev–Trinajstić information content (AvgIpc) is 3.16. The highest BCUT2D eigenvalue weighted by atomic mass is 19.1. The van der Waals surface area contributed by atoms with Gasteiger partial charge in [-0.2, -0.15) is 0 Å². The average molecular weight is 393 g/mol. The first-order valence-corrected chi connectivity index (χ1v) is 9.99. The first-order chi connectivity index (χ1) is 14.0. The molecule has 1 saturated carbocycles. The monoisotopic (exact) mass is 393 g/mol. The summed E-state index contributed by atoms with van der Waals surface area (Å²) in [6, 6.07) is 8.11. The molecule has 3 aliphatic rings. The van der Waals surface area contributed by atoms with Crippen molar-refractivity contribution in [3.05, 3.63) is 59.7 Å². The molecule has 150 valence electrons. The number of aromatic nitrogens is 1. The van der Waals surface area contributed by atoms with Crippen LogP contribution < -0.4 is 10.5 Å². The molecule has 29 heavy (non-hydrogen) atoms. The van der Waals surface area contributed by atoms with Crippen LogP contribution in [0.15, 0.2) is 53.6 Å². The highest BCUT2D eigenvalue weighted by molar-refractivity contribution is 5.98. The Hall–Kier alpha value is -2.73. The van der Waals surface area contributed by atoms with E-state index in [4.69, 9.17) is 15.2 Å². The molecule has 1 aromatic heterocycles. The van der Waals surface area contributed by atoms with Crippen molar-refractivity contribution in [2.45, 2.75) is 49.9 Å². The standard InChI is InChI=1S/C23H24FN3O2/c1-14-9-16(13-26-12-14)15-3-4-20-18(10-15)23(11-19(24)21(25)27-23)22(29-20)7-5-17(28-2)6-8-22/h3-4,9-13,17H,5-8H2,1-2H3,(H2,25,27). The maximum atomic E-state index is 14.6. The van der Waals surface area contributed by atoms with Crippen LogP contribution in [0.3, 0.4) is 0 Å². The summed E-state index contributed by atoms with van der Waals surface area (Å²) in [7, 11) is 1.73. The number of nitrogens with two attached hydrogens (primary N) is 1. The number of nitrogens with zero attached hydrogens (tertiary/aromatic N) is 2. The Kier molecular flexibility index (Phi) is 4.03. The minimum absolute atomic E-state index is 0.0580. The number of ether oxygens (including phenoxy) is 2. The summed E-state index contributed by atoms with van der Waals surface area (Å²) in [6.45, 7) is 2.01. The van der Waals surface area contributed by atoms with Crippen LogP contribution in [0.5, 0.6) is 5.75 Å². The normalized spacial score (nSPS) is 30.2. The second kappa shape index (κ2) is 6.39. The topological polar surface area (TPSA) is 69.7 Å². The second-order valence-electron chi connectivity index (χ2n) is 8.25. The van der Waals surface area contributed by atoms with Crippen LogP contribution in [0.1, 0.15) is 36.8 Å². The molecule has 1 unspecified atom stereocenters. The summed E-state index contributed by atoms with van der Waals surface area (Å²) in [6.07, 6.45) is 8.53. The molecule has 2 aromatic rings. The first kappa shape index (κ1) is 18.3. The Balaban J connectivity index is 1.65. The number of amidine groups is 1. The van der Waals surface area contributed by atoms with E-state index in [0.29, 0.717) is 0 Å². The van der Waals surface area contributed by atoms with E-state index in [1.165, 1.54) is 0 Å². The molecule has 6 heteroatoms. The van der Waals surface area contributed by atoms with E-state index in [1.807, 2.05) is 31.5 Å². The second-order valence-corrected chi connectivity index (χ2v) is 8.25. The smallest absolute Gasteiger partial charge is 0.163 e. The van der Waals surface area contributed by atoms with E-state index in [2.05, 4.69) is 22.1 Å². The molecule has 1 aliphatic carbocycles. The van der Waals surface area contributed by atoms with Crippen LogP contribution in [0.2, 0.25) is 0 Å². The Morgan fingerprint density at radius 3 is 2.62 bits per heavy atom. The summed E-state index contributed by atoms with van der Waals surface area (Å²) in [5, 5.41) is 0. The Morgan fingerprint density at radius 1 is 1.17 bits per heavy atom. The highest BCUT2D eigenvalue weighted by Gasteiger charge is 2.62. The van der Waals surface area contributed by atoms with Gasteiger partial charge in [0.25, 0.3) is 0 Å². The Labute approximate surface area is 169 Å². The number of fused-ring (bicyclic) bond motifs is 3. The summed E-state index contributed by atoms with van der Waals surface area (Å²) in [4.78, 5) is 8.97. The molecule has 5 nitrogen and oxygen atoms in total. The van der Waals surface area contributed by atoms with Gasteiger partial charge in [0.15, 0.2) is 17.2 Å². The molecule has 0 saturated heterocycles. The van der Waals surface area contributed by atoms with Crippen LogP contribution in [0, 0.1) is 6.92 Å². The largest absolute Gasteiger partial charge is 0.484 e. The van der Waals surface area contributed by atoms with Crippen molar-refractivity contribution in [1.29, 1.82) is 0 Å². The predicted octanol–water partition coefficient (Wildman–Crippen LogP) is 4.20. The number of pyridine rings is 1. The quantitative estimate of drug-likeness (QED) is 0.830. The summed E-state index contributed by atoms with van der Waals surface area (Å²) in [5.41, 5.74) is 8.28. The third-order valence-electron chi connectivity index (χ3n) is 6.55. The lowest BCUT2D eigenvalue weighted by Gasteiger charge is -2.43. The number of rotatable bonds is 2. The summed E-state index contributed by atoms with van der Waals surface area (Å²) in [5.74, 6) is 0.211. The lowest BCUT2D eigenvalue weighted by Crippen LogP contribution is -2.52. The number of benzene rings is 1. The van der Waals surface area contributed by atoms with Crippen LogP contribution in [-0.2, 0) is 10.3 Å². The molecule has 1 atom stereocenters. The fourth-order valence-electron chi connectivity index (χ4n) is 5.02. The van der Waals surface area contributed by atoms with Gasteiger partial charge in [0.1, 0.15) is 11.4 Å². The number of hydrogen-bond acceptors (Lipinski definition) is 5. The zero-order valence-corrected chi connectivity index (χ0v) is 16.6. The Bertz CT molecular complexity index is 1020. The van der Waals surface area contributed by atoms with Gasteiger partial charge in [0, 0.05) is 30.6 Å². The number of halogens is 1. The number of aliphatic imine (C=N–C) groups is 1. The van der Waals surface area contributed by atoms with Crippen molar-refractivity contribution in [2.75, 3.05) is 7.11 Å². The van der Waals surface area contributed by atoms with E-state index in [1.54, 1.807) is 13.2 Å². The zero-order chi connectivity index (χ0) is 20.2. The molecule has 1 fully saturated rings. The number of hydrogen-bond donors (Lipinski definition) is 1. The summed E-state index contributed by atoms with van der Waals surface area (Å²) >= 11 is 0. The van der Waals surface area contributed by atoms with Gasteiger partial charge in [-0.3, -0.25) is 4.98 Å². The molecule has 1 aromatic carbocycles. The van der Waals surface area contributed by atoms with Gasteiger partial charge in [-0.1, -0.05) is 6.07 Å². The molecule has 2 spiro atoms. The van der Waals surface area contributed by atoms with Gasteiger partial charge >= 0.3 is 0 Å². The van der Waals surface area contributed by atoms with Crippen LogP contribution in [0.4, 0.5) is 4.39 Å². The minimum atomic E-state index is -0.942. The molecule has 0 bridgehead atoms. The number of aryl methyl sites for hydroxylation is 1. The molecule has 5 rings (SSSR count). The van der Waals surface area contributed by atoms with E-state index in [9.17, 15) is 4.39 Å². The third-order valence-corrected chi connectivity index (χ3v) is 6.55. The molecule has 0 amide bonds. The SMILES string of the molecule is COC1CCC2(CC1)Oc1ccc(-c3cncc(C)c3)cc1C21C=C(F)C(N)=N1. The fraction of sp³-hybridized carbons (Fsp3) is 0.391. The van der Waals surface area contributed by atoms with Gasteiger partial charge in [0.2, 0.25) is 0 Å². The minimum Gasteiger partial charge on any atom is -0.484 e. The Morgan fingerprint density at radius 2 is 1.97 bits per heavy atom. The van der Waals surface area contributed by atoms with Crippen LogP contribution in [-0.4, -0.2) is 29.6 Å². The van der Waals surface area contributed by atoms with E-state index in [0.717, 1.165) is 53.7 Å². The number of methoxy groups -OCH3 is 1. The van der Waals surface area contributed by atoms with E-state index >= 15 is 0 Å². The van der Waals surface area contributed by atoms with E-state index in [-0.39, 0.29) is 11.9 Å². The van der Waals surface area contributed by atoms with Crippen molar-refractivity contribution in [2.24, 2.45) is 10.7 Å². The predicted molar refractivity (Wildman–Crippen MR) is 110 cm³/mol. The zero-order valence-electron chi connectivity index (χ0n) is 16.6. The van der Waals surface area contributed by atoms with E-state index < -0.39 is 17.0 Å². The van der Waals surface area contributed by atoms with Gasteiger partial charge in [-0.05, 0) is 68.0 Å². The van der Waals surface area contributed by atoms with Crippen LogP contribution >= 0.6 is 0 Å². The van der Waals surface area contributed by atoms with Gasteiger partial charge < -0.3 is 15.2 Å². The molecule has 2 N–H and O–H groups in total. The molecule has 2 aliphatic heterocycles. The lowest BCUT2D eigenvalue weighted by atomic mass is 9.68. The van der Waals surface area contributed by atoms with Gasteiger partial charge in [-0.15, -0.1) is 0 Å². The highest BCUT2D eigenvalue weighted by Crippen LogP contribution is 2.59. The van der Waals surface area contributed by atoms with Gasteiger partial charge in [0.05, 0.1) is 6.10 Å². The third kappa shape index (κ3) is 2.62. The molecular formula is C23H24FN3O2.